The number of carbonyl (C=O) groups is 5. The Balaban J connectivity index is 0.830. The molecule has 18 heteroatoms. The number of phenolic OH excluding ortho intramolecular Hbond substituents is 1. The molecule has 17 atom stereocenters. The van der Waals surface area contributed by atoms with Crippen molar-refractivity contribution in [2.24, 2.45) is 0 Å². The zero-order valence-corrected chi connectivity index (χ0v) is 38.2. The van der Waals surface area contributed by atoms with Crippen LogP contribution in [0.5, 0.6) is 5.75 Å². The number of aliphatic hydroxyl groups is 3. The van der Waals surface area contributed by atoms with Crippen molar-refractivity contribution < 1.29 is 87.0 Å². The number of aromatic hydroxyl groups is 1. The van der Waals surface area contributed by atoms with Crippen molar-refractivity contribution in [3.63, 3.8) is 0 Å². The highest BCUT2D eigenvalue weighted by molar-refractivity contribution is 6.32. The maximum atomic E-state index is 14.4. The lowest BCUT2D eigenvalue weighted by atomic mass is 9.57. The van der Waals surface area contributed by atoms with Gasteiger partial charge in [0.05, 0.1) is 59.5 Å². The van der Waals surface area contributed by atoms with Gasteiger partial charge in [-0.05, 0) is 90.8 Å². The number of hydrogen-bond acceptors (Lipinski definition) is 18. The molecule has 17 unspecified atom stereocenters. The van der Waals surface area contributed by atoms with Crippen LogP contribution in [0.2, 0.25) is 0 Å². The highest BCUT2D eigenvalue weighted by Gasteiger charge is 2.67. The topological polar surface area (TPSA) is 249 Å². The Hall–Kier alpha value is -4.15. The molecule has 0 aromatic heterocycles. The van der Waals surface area contributed by atoms with Gasteiger partial charge in [0, 0.05) is 48.8 Å². The Morgan fingerprint density at radius 1 is 0.701 bits per heavy atom. The Kier molecular flexibility index (Phi) is 12.9. The van der Waals surface area contributed by atoms with E-state index in [9.17, 15) is 44.4 Å². The summed E-state index contributed by atoms with van der Waals surface area (Å²) in [5.74, 6) is -3.62. The first-order chi connectivity index (χ1) is 31.7. The van der Waals surface area contributed by atoms with Crippen LogP contribution in [0, 0.1) is 0 Å². The van der Waals surface area contributed by atoms with E-state index in [1.54, 1.807) is 33.8 Å². The minimum absolute atomic E-state index is 0.0728. The van der Waals surface area contributed by atoms with Crippen LogP contribution in [0.1, 0.15) is 119 Å². The first-order valence-electron chi connectivity index (χ1n) is 23.1. The second kappa shape index (κ2) is 18.0. The molecule has 0 spiro atoms. The molecule has 5 aliphatic heterocycles. The van der Waals surface area contributed by atoms with Gasteiger partial charge in [0.1, 0.15) is 29.7 Å². The van der Waals surface area contributed by atoms with Crippen molar-refractivity contribution in [1.82, 2.24) is 0 Å². The van der Waals surface area contributed by atoms with Crippen LogP contribution in [0.3, 0.4) is 0 Å². The number of ketones is 5. The van der Waals surface area contributed by atoms with E-state index in [-0.39, 0.29) is 65.0 Å². The summed E-state index contributed by atoms with van der Waals surface area (Å²) < 4.78 is 54.5. The summed E-state index contributed by atoms with van der Waals surface area (Å²) in [6, 6.07) is 2.67. The van der Waals surface area contributed by atoms with Crippen molar-refractivity contribution in [3.05, 3.63) is 76.4 Å². The number of fused-ring (bicyclic) bond motifs is 3. The molecule has 8 aliphatic rings. The highest BCUT2D eigenvalue weighted by atomic mass is 16.7. The van der Waals surface area contributed by atoms with E-state index < -0.39 is 120 Å². The largest absolute Gasteiger partial charge is 0.507 e. The van der Waals surface area contributed by atoms with Crippen LogP contribution >= 0.6 is 0 Å². The maximum absolute atomic E-state index is 14.4. The third-order valence-corrected chi connectivity index (χ3v) is 14.4. The fraction of sp³-hybridized carbons (Fsp3) is 0.612. The quantitative estimate of drug-likeness (QED) is 0.277. The molecule has 1 aromatic rings. The number of rotatable bonds is 9. The minimum Gasteiger partial charge on any atom is -0.507 e. The zero-order chi connectivity index (χ0) is 47.9. The van der Waals surface area contributed by atoms with Gasteiger partial charge in [0.25, 0.3) is 0 Å². The number of hydrogen-bond donors (Lipinski definition) is 4. The number of phenols is 1. The van der Waals surface area contributed by atoms with Gasteiger partial charge in [-0.3, -0.25) is 24.0 Å². The first-order valence-corrected chi connectivity index (χ1v) is 23.1. The molecule has 0 amide bonds. The monoisotopic (exact) mass is 934 g/mol. The van der Waals surface area contributed by atoms with Crippen LogP contribution < -0.4 is 0 Å². The third kappa shape index (κ3) is 8.67. The molecule has 3 aliphatic carbocycles. The van der Waals surface area contributed by atoms with E-state index in [1.807, 2.05) is 13.8 Å². The van der Waals surface area contributed by atoms with E-state index in [4.69, 9.17) is 42.6 Å². The van der Waals surface area contributed by atoms with Crippen LogP contribution in [-0.4, -0.2) is 146 Å². The van der Waals surface area contributed by atoms with E-state index >= 15 is 0 Å². The van der Waals surface area contributed by atoms with E-state index in [0.29, 0.717) is 25.7 Å². The fourth-order valence-corrected chi connectivity index (χ4v) is 10.7. The van der Waals surface area contributed by atoms with Gasteiger partial charge < -0.3 is 63.1 Å². The number of aliphatic hydroxyl groups excluding tert-OH is 1. The van der Waals surface area contributed by atoms with Crippen LogP contribution in [-0.2, 0) is 57.0 Å². The molecule has 4 N–H and O–H groups in total. The van der Waals surface area contributed by atoms with Gasteiger partial charge >= 0.3 is 0 Å². The van der Waals surface area contributed by atoms with Gasteiger partial charge in [-0.2, -0.15) is 0 Å². The molecule has 4 fully saturated rings. The highest BCUT2D eigenvalue weighted by Crippen LogP contribution is 2.53. The molecule has 18 nitrogen and oxygen atoms in total. The SMILES string of the molecule is CC1OC(OC2CCC(OC3CCC(OC4(C)CC(=O)C5(O)C6=C(C=CC5(O)C4)C(=O)c4c(ccc(C5CC(O)C(OC7C=CC(=O)C(C)O7)C(C)O5)c4O)C6=O)OC3C)OC2C)C=CC1=O. The van der Waals surface area contributed by atoms with E-state index in [2.05, 4.69) is 0 Å². The van der Waals surface area contributed by atoms with Gasteiger partial charge in [-0.15, -0.1) is 0 Å². The van der Waals surface area contributed by atoms with Crippen LogP contribution in [0.4, 0.5) is 0 Å². The van der Waals surface area contributed by atoms with E-state index in [0.717, 1.165) is 6.08 Å². The lowest BCUT2D eigenvalue weighted by Gasteiger charge is -2.53. The third-order valence-electron chi connectivity index (χ3n) is 14.4. The predicted molar refractivity (Wildman–Crippen MR) is 229 cm³/mol. The van der Waals surface area contributed by atoms with Crippen LogP contribution in [0.25, 0.3) is 0 Å². The fourth-order valence-electron chi connectivity index (χ4n) is 10.7. The number of carbonyl (C=O) groups excluding carboxylic acids is 5. The molecule has 3 saturated heterocycles. The van der Waals surface area contributed by atoms with Crippen LogP contribution in [0.15, 0.2) is 59.7 Å². The Morgan fingerprint density at radius 3 is 1.94 bits per heavy atom. The first kappa shape index (κ1) is 47.9. The Labute approximate surface area is 386 Å². The summed E-state index contributed by atoms with van der Waals surface area (Å²) in [4.78, 5) is 66.5. The van der Waals surface area contributed by atoms with Gasteiger partial charge in [-0.25, -0.2) is 0 Å². The summed E-state index contributed by atoms with van der Waals surface area (Å²) in [7, 11) is 0. The smallest absolute Gasteiger partial charge is 0.198 e. The summed E-state index contributed by atoms with van der Waals surface area (Å²) in [6.07, 6.45) is 0.121. The molecule has 0 radical (unpaired) electrons. The lowest BCUT2D eigenvalue weighted by molar-refractivity contribution is -0.308. The molecule has 1 aromatic carbocycles. The molecule has 67 heavy (non-hydrogen) atoms. The average molecular weight is 935 g/mol. The van der Waals surface area contributed by atoms with Crippen molar-refractivity contribution in [1.29, 1.82) is 0 Å². The molecular weight excluding hydrogens is 877 g/mol. The number of Topliss-reactive ketones (excluding diaryl/α,β-unsaturated/α-hetero) is 3. The van der Waals surface area contributed by atoms with Crippen molar-refractivity contribution in [2.75, 3.05) is 0 Å². The van der Waals surface area contributed by atoms with E-state index in [1.165, 1.54) is 36.4 Å². The molecule has 9 rings (SSSR count). The number of allylic oxidation sites excluding steroid dienone is 2. The second-order valence-electron chi connectivity index (χ2n) is 19.3. The second-order valence-corrected chi connectivity index (χ2v) is 19.3. The standard InChI is InChI=1S/C49H58O18/c1-22-30(50)9-13-37(60-22)64-33-11-15-38(62-24(33)3)65-34-12-16-40(63-25(34)4)67-47(6)20-36(53)49(58)42-29(17-18-48(49,57)21-47)44(55)41-28(45(42)56)8-7-27(43(41)54)35-19-32(52)46(26(5)59-35)66-39-14-10-31(51)23(2)61-39/h7-10,13-14,17-18,22-26,32-35,37-40,46,52,54,57-58H,11-12,15-16,19-21H2,1-6H3. The van der Waals surface area contributed by atoms with Crippen molar-refractivity contribution in [2.45, 2.75) is 189 Å². The molecule has 0 bridgehead atoms. The summed E-state index contributed by atoms with van der Waals surface area (Å²) in [6.45, 7) is 10.3. The van der Waals surface area contributed by atoms with Gasteiger partial charge in [0.15, 0.2) is 59.7 Å². The summed E-state index contributed by atoms with van der Waals surface area (Å²) in [5, 5.41) is 47.3. The molecule has 5 heterocycles. The van der Waals surface area contributed by atoms with Gasteiger partial charge in [0.2, 0.25) is 0 Å². The maximum Gasteiger partial charge on any atom is 0.198 e. The van der Waals surface area contributed by atoms with Gasteiger partial charge in [-0.1, -0.05) is 12.1 Å². The molecule has 1 saturated carbocycles. The Morgan fingerprint density at radius 2 is 1.31 bits per heavy atom. The number of benzene rings is 1. The average Bonchev–Trinajstić information content (AvgIpc) is 3.26. The lowest BCUT2D eigenvalue weighted by Crippen LogP contribution is -2.69. The molecule has 362 valence electrons. The minimum atomic E-state index is -2.83. The number of ether oxygens (including phenoxy) is 9. The molecular formula is C49H58O18. The predicted octanol–water partition coefficient (Wildman–Crippen LogP) is 3.39. The zero-order valence-electron chi connectivity index (χ0n) is 38.2. The van der Waals surface area contributed by atoms with Crippen molar-refractivity contribution in [3.8, 4) is 5.75 Å². The summed E-state index contributed by atoms with van der Waals surface area (Å²) in [5.41, 5.74) is -8.08. The summed E-state index contributed by atoms with van der Waals surface area (Å²) >= 11 is 0. The normalized spacial score (nSPS) is 43.3. The van der Waals surface area contributed by atoms with Crippen molar-refractivity contribution >= 4 is 28.9 Å². The Bertz CT molecular complexity index is 2320.